The molecule has 0 aromatic rings. The van der Waals surface area contributed by atoms with Crippen molar-refractivity contribution in [2.45, 2.75) is 51.7 Å². The lowest BCUT2D eigenvalue weighted by molar-refractivity contribution is -0.116. The molecule has 0 saturated carbocycles. The Balaban J connectivity index is 3.56. The summed E-state index contributed by atoms with van der Waals surface area (Å²) in [7, 11) is 0. The number of ketones is 1. The summed E-state index contributed by atoms with van der Waals surface area (Å²) in [5.41, 5.74) is 0. The summed E-state index contributed by atoms with van der Waals surface area (Å²) in [4.78, 5) is 11.1. The molecule has 0 aromatic heterocycles. The molecule has 0 aromatic carbocycles. The van der Waals surface area contributed by atoms with E-state index in [2.05, 4.69) is 13.8 Å². The van der Waals surface area contributed by atoms with Crippen LogP contribution in [-0.4, -0.2) is 16.8 Å². The molecule has 0 saturated heterocycles. The van der Waals surface area contributed by atoms with Gasteiger partial charge in [0, 0.05) is 0 Å². The largest absolute Gasteiger partial charge is 0.299 e. The van der Waals surface area contributed by atoms with Crippen molar-refractivity contribution in [3.05, 3.63) is 0 Å². The monoisotopic (exact) mass is 188 g/mol. The van der Waals surface area contributed by atoms with E-state index in [9.17, 15) is 4.79 Å². The Morgan fingerprint density at radius 3 is 2.42 bits per heavy atom. The van der Waals surface area contributed by atoms with Gasteiger partial charge in [0.1, 0.15) is 5.78 Å². The molecule has 1 unspecified atom stereocenters. The van der Waals surface area contributed by atoms with Crippen LogP contribution in [0.25, 0.3) is 0 Å². The van der Waals surface area contributed by atoms with E-state index in [0.717, 1.165) is 18.6 Å². The molecule has 2 heteroatoms. The summed E-state index contributed by atoms with van der Waals surface area (Å²) in [6.45, 7) is 6.03. The summed E-state index contributed by atoms with van der Waals surface area (Å²) < 4.78 is 0. The van der Waals surface area contributed by atoms with Crippen molar-refractivity contribution in [3.63, 3.8) is 0 Å². The Labute approximate surface area is 80.3 Å². The first-order valence-corrected chi connectivity index (χ1v) is 5.89. The van der Waals surface area contributed by atoms with Crippen molar-refractivity contribution in [3.8, 4) is 0 Å². The van der Waals surface area contributed by atoms with Crippen LogP contribution in [-0.2, 0) is 4.79 Å². The van der Waals surface area contributed by atoms with Crippen molar-refractivity contribution < 1.29 is 4.79 Å². The maximum absolute atomic E-state index is 11.1. The highest BCUT2D eigenvalue weighted by atomic mass is 32.2. The normalized spacial score (nSPS) is 12.9. The number of Topliss-reactive ketones (excluding diaryl/α,β-unsaturated/α-hetero) is 1. The summed E-state index contributed by atoms with van der Waals surface area (Å²) in [5, 5.41) is 0.265. The SMILES string of the molecule is CCCCSC(CCC)C(C)=O. The Hall–Kier alpha value is 0.0200. The minimum atomic E-state index is 0.265. The first-order valence-electron chi connectivity index (χ1n) is 4.84. The van der Waals surface area contributed by atoms with E-state index in [0.29, 0.717) is 5.78 Å². The molecule has 0 radical (unpaired) electrons. The second-order valence-electron chi connectivity index (χ2n) is 3.11. The molecule has 0 aliphatic carbocycles. The van der Waals surface area contributed by atoms with Crippen LogP contribution in [0, 0.1) is 0 Å². The van der Waals surface area contributed by atoms with Gasteiger partial charge in [0.25, 0.3) is 0 Å². The van der Waals surface area contributed by atoms with Gasteiger partial charge in [-0.2, -0.15) is 11.8 Å². The third-order valence-corrected chi connectivity index (χ3v) is 3.32. The zero-order valence-corrected chi connectivity index (χ0v) is 9.25. The third-order valence-electron chi connectivity index (χ3n) is 1.82. The van der Waals surface area contributed by atoms with Gasteiger partial charge in [-0.05, 0) is 25.5 Å². The zero-order chi connectivity index (χ0) is 9.40. The molecular weight excluding hydrogens is 168 g/mol. The summed E-state index contributed by atoms with van der Waals surface area (Å²) >= 11 is 1.83. The van der Waals surface area contributed by atoms with Crippen LogP contribution in [0.5, 0.6) is 0 Å². The maximum Gasteiger partial charge on any atom is 0.142 e. The Morgan fingerprint density at radius 2 is 2.00 bits per heavy atom. The number of carbonyl (C=O) groups excluding carboxylic acids is 1. The van der Waals surface area contributed by atoms with Gasteiger partial charge in [-0.1, -0.05) is 26.7 Å². The molecule has 0 bridgehead atoms. The lowest BCUT2D eigenvalue weighted by Gasteiger charge is -2.11. The van der Waals surface area contributed by atoms with E-state index in [-0.39, 0.29) is 5.25 Å². The second kappa shape index (κ2) is 7.66. The third kappa shape index (κ3) is 5.64. The Kier molecular flexibility index (Phi) is 7.67. The van der Waals surface area contributed by atoms with Gasteiger partial charge in [0.05, 0.1) is 5.25 Å². The van der Waals surface area contributed by atoms with E-state index < -0.39 is 0 Å². The predicted molar refractivity (Wildman–Crippen MR) is 56.7 cm³/mol. The second-order valence-corrected chi connectivity index (χ2v) is 4.42. The minimum absolute atomic E-state index is 0.265. The summed E-state index contributed by atoms with van der Waals surface area (Å²) in [6.07, 6.45) is 4.62. The molecule has 12 heavy (non-hydrogen) atoms. The average molecular weight is 188 g/mol. The van der Waals surface area contributed by atoms with Crippen LogP contribution < -0.4 is 0 Å². The van der Waals surface area contributed by atoms with Crippen LogP contribution in [0.1, 0.15) is 46.5 Å². The van der Waals surface area contributed by atoms with Gasteiger partial charge in [0.15, 0.2) is 0 Å². The van der Waals surface area contributed by atoms with Crippen LogP contribution >= 0.6 is 11.8 Å². The van der Waals surface area contributed by atoms with Crippen molar-refractivity contribution in [2.24, 2.45) is 0 Å². The summed E-state index contributed by atoms with van der Waals surface area (Å²) in [6, 6.07) is 0. The number of hydrogen-bond donors (Lipinski definition) is 0. The molecule has 1 atom stereocenters. The molecule has 1 nitrogen and oxygen atoms in total. The molecule has 0 heterocycles. The van der Waals surface area contributed by atoms with E-state index in [1.807, 2.05) is 11.8 Å². The van der Waals surface area contributed by atoms with Crippen LogP contribution in [0.4, 0.5) is 0 Å². The van der Waals surface area contributed by atoms with E-state index in [1.54, 1.807) is 6.92 Å². The summed E-state index contributed by atoms with van der Waals surface area (Å²) in [5.74, 6) is 1.48. The van der Waals surface area contributed by atoms with Crippen molar-refractivity contribution in [2.75, 3.05) is 5.75 Å². The lowest BCUT2D eigenvalue weighted by atomic mass is 10.2. The van der Waals surface area contributed by atoms with E-state index in [1.165, 1.54) is 12.8 Å². The molecule has 0 amide bonds. The standard InChI is InChI=1S/C10H20OS/c1-4-6-8-12-10(7-5-2)9(3)11/h10H,4-8H2,1-3H3. The van der Waals surface area contributed by atoms with Gasteiger partial charge in [-0.25, -0.2) is 0 Å². The first kappa shape index (κ1) is 12.0. The highest BCUT2D eigenvalue weighted by Gasteiger charge is 2.12. The van der Waals surface area contributed by atoms with Crippen molar-refractivity contribution >= 4 is 17.5 Å². The highest BCUT2D eigenvalue weighted by Crippen LogP contribution is 2.18. The minimum Gasteiger partial charge on any atom is -0.299 e. The van der Waals surface area contributed by atoms with Gasteiger partial charge in [0.2, 0.25) is 0 Å². The molecule has 0 aliphatic rings. The van der Waals surface area contributed by atoms with E-state index >= 15 is 0 Å². The molecule has 0 aliphatic heterocycles. The van der Waals surface area contributed by atoms with Crippen molar-refractivity contribution in [1.82, 2.24) is 0 Å². The number of unbranched alkanes of at least 4 members (excludes halogenated alkanes) is 1. The van der Waals surface area contributed by atoms with Crippen molar-refractivity contribution in [1.29, 1.82) is 0 Å². The fraction of sp³-hybridized carbons (Fsp3) is 0.900. The van der Waals surface area contributed by atoms with E-state index in [4.69, 9.17) is 0 Å². The van der Waals surface area contributed by atoms with Gasteiger partial charge in [-0.15, -0.1) is 0 Å². The quantitative estimate of drug-likeness (QED) is 0.570. The molecule has 0 N–H and O–H groups in total. The number of rotatable bonds is 7. The molecule has 0 fully saturated rings. The topological polar surface area (TPSA) is 17.1 Å². The van der Waals surface area contributed by atoms with Gasteiger partial charge >= 0.3 is 0 Å². The number of carbonyl (C=O) groups is 1. The molecule has 0 spiro atoms. The van der Waals surface area contributed by atoms with Gasteiger partial charge in [-0.3, -0.25) is 4.79 Å². The van der Waals surface area contributed by atoms with Crippen LogP contribution in [0.2, 0.25) is 0 Å². The smallest absolute Gasteiger partial charge is 0.142 e. The molecule has 0 rings (SSSR count). The van der Waals surface area contributed by atoms with Crippen LogP contribution in [0.3, 0.4) is 0 Å². The lowest BCUT2D eigenvalue weighted by Crippen LogP contribution is -2.13. The number of thioether (sulfide) groups is 1. The zero-order valence-electron chi connectivity index (χ0n) is 8.43. The maximum atomic E-state index is 11.1. The Morgan fingerprint density at radius 1 is 1.33 bits per heavy atom. The average Bonchev–Trinajstić information content (AvgIpc) is 2.03. The number of hydrogen-bond acceptors (Lipinski definition) is 2. The fourth-order valence-corrected chi connectivity index (χ4v) is 2.41. The van der Waals surface area contributed by atoms with Gasteiger partial charge < -0.3 is 0 Å². The Bertz CT molecular complexity index is 123. The molecule has 72 valence electrons. The first-order chi connectivity index (χ1) is 5.72. The van der Waals surface area contributed by atoms with Crippen LogP contribution in [0.15, 0.2) is 0 Å². The predicted octanol–water partition coefficient (Wildman–Crippen LogP) is 3.28. The fourth-order valence-electron chi connectivity index (χ4n) is 1.04. The highest BCUT2D eigenvalue weighted by molar-refractivity contribution is 8.00. The molecular formula is C10H20OS.